The molecule has 0 saturated carbocycles. The highest BCUT2D eigenvalue weighted by atomic mass is 19.1. The molecule has 0 spiro atoms. The maximum atomic E-state index is 13.8. The van der Waals surface area contributed by atoms with Crippen LogP contribution in [-0.4, -0.2) is 13.1 Å². The van der Waals surface area contributed by atoms with E-state index in [0.717, 1.165) is 25.1 Å². The monoisotopic (exact) mass is 221 g/mol. The van der Waals surface area contributed by atoms with Crippen molar-refractivity contribution in [3.05, 3.63) is 35.6 Å². The van der Waals surface area contributed by atoms with Gasteiger partial charge in [0.25, 0.3) is 0 Å². The normalized spacial score (nSPS) is 29.0. The van der Waals surface area contributed by atoms with E-state index in [1.807, 2.05) is 12.1 Å². The Hall–Kier alpha value is -0.890. The molecular formula is C14H20FN. The summed E-state index contributed by atoms with van der Waals surface area (Å²) in [5, 5.41) is 3.42. The molecule has 0 aromatic heterocycles. The fraction of sp³-hybridized carbons (Fsp3) is 0.571. The van der Waals surface area contributed by atoms with E-state index in [0.29, 0.717) is 0 Å². The number of nitrogens with one attached hydrogen (secondary N) is 1. The van der Waals surface area contributed by atoms with Crippen LogP contribution in [0.3, 0.4) is 0 Å². The topological polar surface area (TPSA) is 12.0 Å². The highest BCUT2D eigenvalue weighted by molar-refractivity contribution is 5.28. The van der Waals surface area contributed by atoms with E-state index in [4.69, 9.17) is 0 Å². The minimum absolute atomic E-state index is 0.0792. The van der Waals surface area contributed by atoms with Crippen molar-refractivity contribution in [2.45, 2.75) is 32.6 Å². The maximum Gasteiger partial charge on any atom is 0.126 e. The summed E-state index contributed by atoms with van der Waals surface area (Å²) in [6.07, 6.45) is 1.02. The van der Waals surface area contributed by atoms with Gasteiger partial charge in [0.1, 0.15) is 5.82 Å². The standard InChI is InChI=1S/C14H20FN/c1-13(2)8-14(3,10-16-9-13)11-6-4-5-7-12(11)15/h4-7,16H,8-10H2,1-3H3. The fourth-order valence-corrected chi connectivity index (χ4v) is 3.00. The molecule has 1 N–H and O–H groups in total. The van der Waals surface area contributed by atoms with Gasteiger partial charge in [0.05, 0.1) is 0 Å². The van der Waals surface area contributed by atoms with Crippen LogP contribution in [-0.2, 0) is 5.41 Å². The number of hydrogen-bond donors (Lipinski definition) is 1. The van der Waals surface area contributed by atoms with Crippen molar-refractivity contribution in [3.63, 3.8) is 0 Å². The SMILES string of the molecule is CC1(C)CNCC(C)(c2ccccc2F)C1. The summed E-state index contributed by atoms with van der Waals surface area (Å²) in [7, 11) is 0. The van der Waals surface area contributed by atoms with Crippen molar-refractivity contribution in [1.82, 2.24) is 5.32 Å². The van der Waals surface area contributed by atoms with Crippen molar-refractivity contribution >= 4 is 0 Å². The second-order valence-corrected chi connectivity index (χ2v) is 5.99. The molecule has 1 nitrogen and oxygen atoms in total. The molecule has 16 heavy (non-hydrogen) atoms. The Labute approximate surface area is 97.1 Å². The molecule has 0 aliphatic carbocycles. The third kappa shape index (κ3) is 2.12. The molecule has 1 atom stereocenters. The quantitative estimate of drug-likeness (QED) is 0.768. The van der Waals surface area contributed by atoms with Gasteiger partial charge in [0, 0.05) is 18.5 Å². The maximum absolute atomic E-state index is 13.8. The lowest BCUT2D eigenvalue weighted by Crippen LogP contribution is -2.49. The van der Waals surface area contributed by atoms with Crippen molar-refractivity contribution in [1.29, 1.82) is 0 Å². The minimum atomic E-state index is -0.0902. The lowest BCUT2D eigenvalue weighted by molar-refractivity contribution is 0.176. The van der Waals surface area contributed by atoms with Gasteiger partial charge >= 0.3 is 0 Å². The molecule has 0 amide bonds. The van der Waals surface area contributed by atoms with Crippen molar-refractivity contribution in [3.8, 4) is 0 Å². The molecule has 1 aliphatic rings. The largest absolute Gasteiger partial charge is 0.315 e. The van der Waals surface area contributed by atoms with Gasteiger partial charge in [-0.3, -0.25) is 0 Å². The summed E-state index contributed by atoms with van der Waals surface area (Å²) in [5.41, 5.74) is 0.984. The predicted octanol–water partition coefficient (Wildman–Crippen LogP) is 3.10. The molecule has 2 rings (SSSR count). The minimum Gasteiger partial charge on any atom is -0.315 e. The predicted molar refractivity (Wildman–Crippen MR) is 65.0 cm³/mol. The van der Waals surface area contributed by atoms with E-state index in [9.17, 15) is 4.39 Å². The van der Waals surface area contributed by atoms with Crippen LogP contribution in [0.5, 0.6) is 0 Å². The highest BCUT2D eigenvalue weighted by Crippen LogP contribution is 2.39. The van der Waals surface area contributed by atoms with Crippen LogP contribution in [0.25, 0.3) is 0 Å². The van der Waals surface area contributed by atoms with Crippen LogP contribution in [0.15, 0.2) is 24.3 Å². The summed E-state index contributed by atoms with van der Waals surface area (Å²) >= 11 is 0. The third-order valence-corrected chi connectivity index (χ3v) is 3.51. The van der Waals surface area contributed by atoms with Gasteiger partial charge in [-0.25, -0.2) is 4.39 Å². The molecule has 1 aromatic rings. The second kappa shape index (κ2) is 3.85. The number of halogens is 1. The van der Waals surface area contributed by atoms with Crippen molar-refractivity contribution in [2.75, 3.05) is 13.1 Å². The number of rotatable bonds is 1. The van der Waals surface area contributed by atoms with E-state index in [-0.39, 0.29) is 16.6 Å². The summed E-state index contributed by atoms with van der Waals surface area (Å²) in [5.74, 6) is -0.0792. The Bertz CT molecular complexity index is 386. The van der Waals surface area contributed by atoms with Crippen LogP contribution in [0, 0.1) is 11.2 Å². The molecule has 0 bridgehead atoms. The van der Waals surface area contributed by atoms with E-state index in [2.05, 4.69) is 26.1 Å². The molecule has 1 aromatic carbocycles. The summed E-state index contributed by atoms with van der Waals surface area (Å²) in [6, 6.07) is 7.15. The van der Waals surface area contributed by atoms with E-state index >= 15 is 0 Å². The van der Waals surface area contributed by atoms with Crippen LogP contribution in [0.4, 0.5) is 4.39 Å². The first-order valence-electron chi connectivity index (χ1n) is 5.89. The number of hydrogen-bond acceptors (Lipinski definition) is 1. The van der Waals surface area contributed by atoms with Crippen molar-refractivity contribution in [2.24, 2.45) is 5.41 Å². The van der Waals surface area contributed by atoms with Gasteiger partial charge in [-0.1, -0.05) is 39.0 Å². The summed E-state index contributed by atoms with van der Waals surface area (Å²) < 4.78 is 13.8. The van der Waals surface area contributed by atoms with E-state index in [1.54, 1.807) is 12.1 Å². The summed E-state index contributed by atoms with van der Waals surface area (Å²) in [6.45, 7) is 8.49. The molecule has 0 radical (unpaired) electrons. The van der Waals surface area contributed by atoms with Crippen LogP contribution >= 0.6 is 0 Å². The Morgan fingerprint density at radius 1 is 1.12 bits per heavy atom. The lowest BCUT2D eigenvalue weighted by atomic mass is 9.67. The summed E-state index contributed by atoms with van der Waals surface area (Å²) in [4.78, 5) is 0. The smallest absolute Gasteiger partial charge is 0.126 e. The molecule has 1 fully saturated rings. The first-order valence-corrected chi connectivity index (χ1v) is 5.89. The second-order valence-electron chi connectivity index (χ2n) is 5.99. The molecular weight excluding hydrogens is 201 g/mol. The van der Waals surface area contributed by atoms with Gasteiger partial charge in [-0.2, -0.15) is 0 Å². The van der Waals surface area contributed by atoms with Gasteiger partial charge in [-0.05, 0) is 23.5 Å². The zero-order chi connectivity index (χ0) is 11.8. The van der Waals surface area contributed by atoms with E-state index < -0.39 is 0 Å². The molecule has 1 unspecified atom stereocenters. The average molecular weight is 221 g/mol. The lowest BCUT2D eigenvalue weighted by Gasteiger charge is -2.43. The van der Waals surface area contributed by atoms with E-state index in [1.165, 1.54) is 0 Å². The molecule has 88 valence electrons. The Morgan fingerprint density at radius 2 is 1.81 bits per heavy atom. The first kappa shape index (κ1) is 11.6. The fourth-order valence-electron chi connectivity index (χ4n) is 3.00. The molecule has 1 saturated heterocycles. The Balaban J connectivity index is 2.35. The molecule has 1 aliphatic heterocycles. The zero-order valence-corrected chi connectivity index (χ0v) is 10.3. The van der Waals surface area contributed by atoms with Crippen LogP contribution < -0.4 is 5.32 Å². The number of piperidine rings is 1. The van der Waals surface area contributed by atoms with Crippen LogP contribution in [0.1, 0.15) is 32.8 Å². The number of benzene rings is 1. The Kier molecular flexibility index (Phi) is 2.79. The molecule has 2 heteroatoms. The Morgan fingerprint density at radius 3 is 2.44 bits per heavy atom. The van der Waals surface area contributed by atoms with Gasteiger partial charge in [0.2, 0.25) is 0 Å². The van der Waals surface area contributed by atoms with Gasteiger partial charge in [0.15, 0.2) is 0 Å². The van der Waals surface area contributed by atoms with Gasteiger partial charge in [-0.15, -0.1) is 0 Å². The van der Waals surface area contributed by atoms with Gasteiger partial charge < -0.3 is 5.32 Å². The molecule has 1 heterocycles. The first-order chi connectivity index (χ1) is 7.43. The zero-order valence-electron chi connectivity index (χ0n) is 10.3. The highest BCUT2D eigenvalue weighted by Gasteiger charge is 2.38. The van der Waals surface area contributed by atoms with Crippen molar-refractivity contribution < 1.29 is 4.39 Å². The third-order valence-electron chi connectivity index (χ3n) is 3.51. The average Bonchev–Trinajstić information content (AvgIpc) is 2.16. The van der Waals surface area contributed by atoms with Crippen LogP contribution in [0.2, 0.25) is 0 Å².